The van der Waals surface area contributed by atoms with Gasteiger partial charge in [0.25, 0.3) is 0 Å². The van der Waals surface area contributed by atoms with Gasteiger partial charge in [0.2, 0.25) is 0 Å². The van der Waals surface area contributed by atoms with Gasteiger partial charge in [0.05, 0.1) is 5.39 Å². The summed E-state index contributed by atoms with van der Waals surface area (Å²) in [6, 6.07) is 27.1. The van der Waals surface area contributed by atoms with Crippen LogP contribution in [0.3, 0.4) is 0 Å². The number of hydrogen-bond acceptors (Lipinski definition) is 3. The van der Waals surface area contributed by atoms with E-state index in [1.54, 1.807) is 30.2 Å². The second kappa shape index (κ2) is 8.36. The van der Waals surface area contributed by atoms with Crippen LogP contribution in [0, 0.1) is 5.82 Å². The molecular formula is C26H20FN3S. The van der Waals surface area contributed by atoms with E-state index in [9.17, 15) is 4.39 Å². The zero-order valence-electron chi connectivity index (χ0n) is 16.9. The minimum absolute atomic E-state index is 0.233. The maximum atomic E-state index is 13.5. The molecule has 0 aliphatic carbocycles. The summed E-state index contributed by atoms with van der Waals surface area (Å²) in [5.74, 6) is -0.258. The smallest absolute Gasteiger partial charge is 0.149 e. The fraction of sp³-hybridized carbons (Fsp3) is 0.0769. The third kappa shape index (κ3) is 3.84. The van der Waals surface area contributed by atoms with E-state index >= 15 is 0 Å². The largest absolute Gasteiger partial charge is 0.301 e. The Bertz CT molecular complexity index is 1320. The Balaban J connectivity index is 1.69. The first-order valence-electron chi connectivity index (χ1n) is 10.1. The van der Waals surface area contributed by atoms with Gasteiger partial charge < -0.3 is 4.57 Å². The maximum absolute atomic E-state index is 13.5. The van der Waals surface area contributed by atoms with Crippen molar-refractivity contribution >= 4 is 22.8 Å². The van der Waals surface area contributed by atoms with Crippen LogP contribution in [0.1, 0.15) is 17.7 Å². The highest BCUT2D eigenvalue weighted by Gasteiger charge is 2.19. The van der Waals surface area contributed by atoms with E-state index in [1.165, 1.54) is 17.7 Å². The van der Waals surface area contributed by atoms with Crippen molar-refractivity contribution in [3.05, 3.63) is 109 Å². The first kappa shape index (κ1) is 19.5. The number of aromatic nitrogens is 3. The lowest BCUT2D eigenvalue weighted by Gasteiger charge is -2.12. The van der Waals surface area contributed by atoms with Gasteiger partial charge >= 0.3 is 0 Å². The Morgan fingerprint density at radius 1 is 0.839 bits per heavy atom. The SMILES string of the molecule is C[C@H](Sc1ncnc2c1c(-c1ccccc1)cn2-c1ccc(F)cc1)c1ccccc1. The zero-order chi connectivity index (χ0) is 21.2. The molecule has 5 heteroatoms. The lowest BCUT2D eigenvalue weighted by molar-refractivity contribution is 0.627. The van der Waals surface area contributed by atoms with E-state index in [-0.39, 0.29) is 11.1 Å². The van der Waals surface area contributed by atoms with Crippen molar-refractivity contribution < 1.29 is 4.39 Å². The van der Waals surface area contributed by atoms with Gasteiger partial charge in [0, 0.05) is 22.7 Å². The van der Waals surface area contributed by atoms with Gasteiger partial charge in [0.1, 0.15) is 22.8 Å². The van der Waals surface area contributed by atoms with E-state index in [2.05, 4.69) is 59.5 Å². The highest BCUT2D eigenvalue weighted by atomic mass is 32.2. The molecule has 2 aromatic heterocycles. The number of benzene rings is 3. The highest BCUT2D eigenvalue weighted by Crippen LogP contribution is 2.41. The summed E-state index contributed by atoms with van der Waals surface area (Å²) in [5.41, 5.74) is 5.07. The molecule has 0 fully saturated rings. The Morgan fingerprint density at radius 3 is 2.23 bits per heavy atom. The molecule has 2 heterocycles. The molecule has 31 heavy (non-hydrogen) atoms. The summed E-state index contributed by atoms with van der Waals surface area (Å²) >= 11 is 1.72. The summed E-state index contributed by atoms with van der Waals surface area (Å²) in [4.78, 5) is 9.27. The predicted molar refractivity (Wildman–Crippen MR) is 125 cm³/mol. The van der Waals surface area contributed by atoms with E-state index in [0.717, 1.165) is 32.9 Å². The van der Waals surface area contributed by atoms with Crippen molar-refractivity contribution in [1.29, 1.82) is 0 Å². The number of fused-ring (bicyclic) bond motifs is 1. The third-order valence-electron chi connectivity index (χ3n) is 5.30. The molecule has 5 rings (SSSR count). The number of rotatable bonds is 5. The van der Waals surface area contributed by atoms with Crippen LogP contribution in [0.5, 0.6) is 0 Å². The number of hydrogen-bond donors (Lipinski definition) is 0. The lowest BCUT2D eigenvalue weighted by Crippen LogP contribution is -1.96. The van der Waals surface area contributed by atoms with Crippen molar-refractivity contribution in [3.8, 4) is 16.8 Å². The van der Waals surface area contributed by atoms with Gasteiger partial charge in [0.15, 0.2) is 0 Å². The average Bonchev–Trinajstić information content (AvgIpc) is 3.21. The van der Waals surface area contributed by atoms with Crippen molar-refractivity contribution in [2.24, 2.45) is 0 Å². The summed E-state index contributed by atoms with van der Waals surface area (Å²) in [6.45, 7) is 2.19. The number of thioether (sulfide) groups is 1. The first-order valence-corrected chi connectivity index (χ1v) is 11.0. The molecule has 152 valence electrons. The standard InChI is InChI=1S/C26H20FN3S/c1-18(19-8-4-2-5-9-19)31-26-24-23(20-10-6-3-7-11-20)16-30(25(24)28-17-29-26)22-14-12-21(27)13-15-22/h2-18H,1H3/t18-/m0/s1. The van der Waals surface area contributed by atoms with Crippen LogP contribution < -0.4 is 0 Å². The quantitative estimate of drug-likeness (QED) is 0.223. The minimum Gasteiger partial charge on any atom is -0.301 e. The molecule has 0 aliphatic rings. The molecule has 3 aromatic carbocycles. The fourth-order valence-electron chi connectivity index (χ4n) is 3.72. The van der Waals surface area contributed by atoms with E-state index in [4.69, 9.17) is 0 Å². The molecule has 0 unspecified atom stereocenters. The molecule has 0 N–H and O–H groups in total. The van der Waals surface area contributed by atoms with Gasteiger partial charge in [-0.15, -0.1) is 0 Å². The van der Waals surface area contributed by atoms with Crippen molar-refractivity contribution in [1.82, 2.24) is 14.5 Å². The van der Waals surface area contributed by atoms with Crippen LogP contribution in [-0.2, 0) is 0 Å². The second-order valence-electron chi connectivity index (χ2n) is 7.30. The number of nitrogens with zero attached hydrogens (tertiary/aromatic N) is 3. The number of halogens is 1. The van der Waals surface area contributed by atoms with E-state index in [1.807, 2.05) is 28.8 Å². The van der Waals surface area contributed by atoms with Crippen LogP contribution in [0.25, 0.3) is 27.8 Å². The maximum Gasteiger partial charge on any atom is 0.149 e. The average molecular weight is 426 g/mol. The van der Waals surface area contributed by atoms with Crippen LogP contribution in [0.2, 0.25) is 0 Å². The summed E-state index contributed by atoms with van der Waals surface area (Å²) in [6.07, 6.45) is 3.68. The molecule has 0 bridgehead atoms. The summed E-state index contributed by atoms with van der Waals surface area (Å²) < 4.78 is 15.5. The Morgan fingerprint density at radius 2 is 1.52 bits per heavy atom. The van der Waals surface area contributed by atoms with Crippen LogP contribution in [0.4, 0.5) is 4.39 Å². The molecule has 3 nitrogen and oxygen atoms in total. The Kier molecular flexibility index (Phi) is 5.26. The van der Waals surface area contributed by atoms with Crippen LogP contribution in [-0.4, -0.2) is 14.5 Å². The third-order valence-corrected chi connectivity index (χ3v) is 6.45. The molecular weight excluding hydrogens is 405 g/mol. The molecule has 0 saturated heterocycles. The van der Waals surface area contributed by atoms with E-state index < -0.39 is 0 Å². The van der Waals surface area contributed by atoms with E-state index in [0.29, 0.717) is 0 Å². The van der Waals surface area contributed by atoms with Crippen molar-refractivity contribution in [3.63, 3.8) is 0 Å². The molecule has 0 spiro atoms. The van der Waals surface area contributed by atoms with Crippen molar-refractivity contribution in [2.75, 3.05) is 0 Å². The lowest BCUT2D eigenvalue weighted by atomic mass is 10.1. The van der Waals surface area contributed by atoms with Crippen molar-refractivity contribution in [2.45, 2.75) is 17.2 Å². The van der Waals surface area contributed by atoms with Crippen LogP contribution in [0.15, 0.2) is 102 Å². The van der Waals surface area contributed by atoms with Gasteiger partial charge in [-0.2, -0.15) is 0 Å². The predicted octanol–water partition coefficient (Wildman–Crippen LogP) is 7.08. The molecule has 1 atom stereocenters. The molecule has 5 aromatic rings. The van der Waals surface area contributed by atoms with Gasteiger partial charge in [-0.3, -0.25) is 0 Å². The highest BCUT2D eigenvalue weighted by molar-refractivity contribution is 7.99. The van der Waals surface area contributed by atoms with Gasteiger partial charge in [-0.25, -0.2) is 14.4 Å². The Hall–Kier alpha value is -3.44. The summed E-state index contributed by atoms with van der Waals surface area (Å²) in [7, 11) is 0. The molecule has 0 amide bonds. The van der Waals surface area contributed by atoms with Crippen LogP contribution >= 0.6 is 11.8 Å². The topological polar surface area (TPSA) is 30.7 Å². The van der Waals surface area contributed by atoms with Gasteiger partial charge in [-0.05, 0) is 42.3 Å². The minimum atomic E-state index is -0.258. The molecule has 0 aliphatic heterocycles. The normalized spacial score (nSPS) is 12.2. The fourth-order valence-corrected chi connectivity index (χ4v) is 4.77. The molecule has 0 radical (unpaired) electrons. The second-order valence-corrected chi connectivity index (χ2v) is 8.63. The monoisotopic (exact) mass is 425 g/mol. The zero-order valence-corrected chi connectivity index (χ0v) is 17.8. The molecule has 0 saturated carbocycles. The summed E-state index contributed by atoms with van der Waals surface area (Å²) in [5, 5.41) is 2.17. The van der Waals surface area contributed by atoms with Gasteiger partial charge in [-0.1, -0.05) is 72.4 Å². The first-order chi connectivity index (χ1) is 15.2. The Labute approximate surface area is 184 Å².